The number of morpholine rings is 1. The first-order valence-electron chi connectivity index (χ1n) is 7.18. The van der Waals surface area contributed by atoms with Crippen molar-refractivity contribution in [1.82, 2.24) is 15.3 Å². The first-order chi connectivity index (χ1) is 9.77. The minimum absolute atomic E-state index is 0.300. The summed E-state index contributed by atoms with van der Waals surface area (Å²) in [7, 11) is 1.64. The number of methoxy groups -OCH3 is 1. The SMILES string of the molecule is CCCNCC1COCCN1c1ncnc(OC)c1C. The summed E-state index contributed by atoms with van der Waals surface area (Å²) in [6, 6.07) is 0.300. The topological polar surface area (TPSA) is 59.5 Å². The molecule has 1 unspecified atom stereocenters. The summed E-state index contributed by atoms with van der Waals surface area (Å²) in [5, 5.41) is 3.46. The highest BCUT2D eigenvalue weighted by molar-refractivity contribution is 5.51. The average molecular weight is 280 g/mol. The van der Waals surface area contributed by atoms with Crippen molar-refractivity contribution in [2.75, 3.05) is 44.9 Å². The van der Waals surface area contributed by atoms with E-state index in [1.165, 1.54) is 0 Å². The normalized spacial score (nSPS) is 19.1. The molecule has 6 heteroatoms. The Labute approximate surface area is 120 Å². The van der Waals surface area contributed by atoms with Gasteiger partial charge in [-0.1, -0.05) is 6.92 Å². The third kappa shape index (κ3) is 3.37. The van der Waals surface area contributed by atoms with Crippen molar-refractivity contribution >= 4 is 5.82 Å². The fourth-order valence-electron chi connectivity index (χ4n) is 2.47. The van der Waals surface area contributed by atoms with Gasteiger partial charge in [-0.3, -0.25) is 0 Å². The maximum absolute atomic E-state index is 5.60. The Morgan fingerprint density at radius 1 is 1.50 bits per heavy atom. The molecule has 2 rings (SSSR count). The maximum Gasteiger partial charge on any atom is 0.221 e. The minimum Gasteiger partial charge on any atom is -0.481 e. The van der Waals surface area contributed by atoms with E-state index in [9.17, 15) is 0 Å². The van der Waals surface area contributed by atoms with Crippen molar-refractivity contribution in [3.05, 3.63) is 11.9 Å². The van der Waals surface area contributed by atoms with Crippen LogP contribution in [0.3, 0.4) is 0 Å². The van der Waals surface area contributed by atoms with Crippen LogP contribution in [0.4, 0.5) is 5.82 Å². The molecule has 1 atom stereocenters. The van der Waals surface area contributed by atoms with Crippen LogP contribution in [0, 0.1) is 6.92 Å². The van der Waals surface area contributed by atoms with Crippen molar-refractivity contribution in [3.63, 3.8) is 0 Å². The molecule has 20 heavy (non-hydrogen) atoms. The van der Waals surface area contributed by atoms with Crippen LogP contribution in [-0.2, 0) is 4.74 Å². The van der Waals surface area contributed by atoms with Gasteiger partial charge >= 0.3 is 0 Å². The van der Waals surface area contributed by atoms with E-state index in [0.29, 0.717) is 11.9 Å². The number of rotatable bonds is 6. The van der Waals surface area contributed by atoms with Crippen molar-refractivity contribution in [2.24, 2.45) is 0 Å². The standard InChI is InChI=1S/C14H24N4O2/c1-4-5-15-8-12-9-20-7-6-18(12)13-11(2)14(19-3)17-10-16-13/h10,12,15H,4-9H2,1-3H3. The van der Waals surface area contributed by atoms with E-state index in [-0.39, 0.29) is 0 Å². The summed E-state index contributed by atoms with van der Waals surface area (Å²) in [4.78, 5) is 10.9. The predicted molar refractivity (Wildman–Crippen MR) is 78.4 cm³/mol. The second-order valence-electron chi connectivity index (χ2n) is 4.96. The van der Waals surface area contributed by atoms with E-state index < -0.39 is 0 Å². The van der Waals surface area contributed by atoms with Gasteiger partial charge in [0.2, 0.25) is 5.88 Å². The first-order valence-corrected chi connectivity index (χ1v) is 7.18. The molecule has 0 aromatic carbocycles. The lowest BCUT2D eigenvalue weighted by Crippen LogP contribution is -2.51. The van der Waals surface area contributed by atoms with Gasteiger partial charge in [-0.25, -0.2) is 9.97 Å². The number of ether oxygens (including phenoxy) is 2. The summed E-state index contributed by atoms with van der Waals surface area (Å²) >= 11 is 0. The molecule has 0 aliphatic carbocycles. The fourth-order valence-corrected chi connectivity index (χ4v) is 2.47. The summed E-state index contributed by atoms with van der Waals surface area (Å²) in [5.41, 5.74) is 0.984. The molecule has 1 aromatic heterocycles. The molecule has 1 N–H and O–H groups in total. The van der Waals surface area contributed by atoms with Gasteiger partial charge in [-0.05, 0) is 19.9 Å². The number of nitrogens with one attached hydrogen (secondary N) is 1. The van der Waals surface area contributed by atoms with Crippen LogP contribution in [0.5, 0.6) is 5.88 Å². The Balaban J connectivity index is 2.14. The van der Waals surface area contributed by atoms with Crippen LogP contribution in [0.2, 0.25) is 0 Å². The van der Waals surface area contributed by atoms with Crippen molar-refractivity contribution in [2.45, 2.75) is 26.3 Å². The Hall–Kier alpha value is -1.40. The number of aromatic nitrogens is 2. The van der Waals surface area contributed by atoms with Crippen LogP contribution in [0.1, 0.15) is 18.9 Å². The third-order valence-electron chi connectivity index (χ3n) is 3.51. The summed E-state index contributed by atoms with van der Waals surface area (Å²) in [6.45, 7) is 8.40. The van der Waals surface area contributed by atoms with Gasteiger partial charge in [-0.2, -0.15) is 0 Å². The van der Waals surface area contributed by atoms with E-state index in [1.54, 1.807) is 13.4 Å². The molecule has 1 fully saturated rings. The molecule has 0 spiro atoms. The molecular formula is C14H24N4O2. The highest BCUT2D eigenvalue weighted by Crippen LogP contribution is 2.26. The number of hydrogen-bond donors (Lipinski definition) is 1. The Morgan fingerprint density at radius 2 is 2.35 bits per heavy atom. The van der Waals surface area contributed by atoms with E-state index in [4.69, 9.17) is 9.47 Å². The summed E-state index contributed by atoms with van der Waals surface area (Å²) < 4.78 is 10.9. The Bertz CT molecular complexity index is 428. The van der Waals surface area contributed by atoms with Gasteiger partial charge in [0.1, 0.15) is 12.1 Å². The van der Waals surface area contributed by atoms with Crippen LogP contribution in [0.15, 0.2) is 6.33 Å². The van der Waals surface area contributed by atoms with Crippen LogP contribution >= 0.6 is 0 Å². The van der Waals surface area contributed by atoms with Crippen molar-refractivity contribution in [1.29, 1.82) is 0 Å². The molecule has 1 aliphatic heterocycles. The highest BCUT2D eigenvalue weighted by Gasteiger charge is 2.26. The zero-order chi connectivity index (χ0) is 14.4. The van der Waals surface area contributed by atoms with Gasteiger partial charge in [-0.15, -0.1) is 0 Å². The number of anilines is 1. The molecule has 1 aliphatic rings. The van der Waals surface area contributed by atoms with Crippen LogP contribution < -0.4 is 15.0 Å². The highest BCUT2D eigenvalue weighted by atomic mass is 16.5. The first kappa shape index (κ1) is 15.0. The molecule has 0 amide bonds. The monoisotopic (exact) mass is 280 g/mol. The van der Waals surface area contributed by atoms with Crippen molar-refractivity contribution in [3.8, 4) is 5.88 Å². The smallest absolute Gasteiger partial charge is 0.221 e. The lowest BCUT2D eigenvalue weighted by molar-refractivity contribution is 0.0932. The molecule has 0 saturated carbocycles. The lowest BCUT2D eigenvalue weighted by Gasteiger charge is -2.37. The largest absolute Gasteiger partial charge is 0.481 e. The van der Waals surface area contributed by atoms with Gasteiger partial charge in [0.25, 0.3) is 0 Å². The third-order valence-corrected chi connectivity index (χ3v) is 3.51. The van der Waals surface area contributed by atoms with Gasteiger partial charge in [0.15, 0.2) is 0 Å². The predicted octanol–water partition coefficient (Wildman–Crippen LogP) is 0.998. The molecule has 0 bridgehead atoms. The quantitative estimate of drug-likeness (QED) is 0.785. The van der Waals surface area contributed by atoms with E-state index in [2.05, 4.69) is 27.1 Å². The zero-order valence-corrected chi connectivity index (χ0v) is 12.6. The van der Waals surface area contributed by atoms with Gasteiger partial charge in [0, 0.05) is 13.1 Å². The fraction of sp³-hybridized carbons (Fsp3) is 0.714. The lowest BCUT2D eigenvalue weighted by atomic mass is 10.2. The average Bonchev–Trinajstić information content (AvgIpc) is 2.48. The van der Waals surface area contributed by atoms with E-state index >= 15 is 0 Å². The Morgan fingerprint density at radius 3 is 3.10 bits per heavy atom. The second-order valence-corrected chi connectivity index (χ2v) is 4.96. The second kappa shape index (κ2) is 7.40. The molecule has 2 heterocycles. The van der Waals surface area contributed by atoms with E-state index in [1.807, 2.05) is 6.92 Å². The number of nitrogens with zero attached hydrogens (tertiary/aromatic N) is 3. The molecule has 6 nitrogen and oxygen atoms in total. The summed E-state index contributed by atoms with van der Waals surface area (Å²) in [6.07, 6.45) is 2.70. The van der Waals surface area contributed by atoms with Crippen molar-refractivity contribution < 1.29 is 9.47 Å². The zero-order valence-electron chi connectivity index (χ0n) is 12.6. The van der Waals surface area contributed by atoms with E-state index in [0.717, 1.165) is 50.7 Å². The molecule has 1 aromatic rings. The molecular weight excluding hydrogens is 256 g/mol. The van der Waals surface area contributed by atoms with Gasteiger partial charge in [0.05, 0.1) is 31.9 Å². The summed E-state index contributed by atoms with van der Waals surface area (Å²) in [5.74, 6) is 1.59. The van der Waals surface area contributed by atoms with Crippen LogP contribution in [0.25, 0.3) is 0 Å². The number of hydrogen-bond acceptors (Lipinski definition) is 6. The molecule has 1 saturated heterocycles. The maximum atomic E-state index is 5.60. The molecule has 112 valence electrons. The Kier molecular flexibility index (Phi) is 5.55. The van der Waals surface area contributed by atoms with Gasteiger partial charge < -0.3 is 19.7 Å². The molecule has 0 radical (unpaired) electrons. The minimum atomic E-state index is 0.300. The van der Waals surface area contributed by atoms with Crippen LogP contribution in [-0.4, -0.2) is 56.0 Å².